The highest BCUT2D eigenvalue weighted by molar-refractivity contribution is 8.71. The number of esters is 2. The molecule has 53 heavy (non-hydrogen) atoms. The largest absolute Gasteiger partial charge is 0.460 e. The van der Waals surface area contributed by atoms with Crippen LogP contribution in [0, 0.1) is 0 Å². The molecule has 1 saturated heterocycles. The van der Waals surface area contributed by atoms with E-state index in [4.69, 9.17) is 14.2 Å². The van der Waals surface area contributed by atoms with E-state index in [-0.39, 0.29) is 26.0 Å². The molecule has 298 valence electrons. The smallest absolute Gasteiger partial charge is 0.415 e. The van der Waals surface area contributed by atoms with Crippen molar-refractivity contribution in [2.45, 2.75) is 75.3 Å². The Bertz CT molecular complexity index is 1500. The van der Waals surface area contributed by atoms with Crippen LogP contribution in [0.25, 0.3) is 0 Å². The Morgan fingerprint density at radius 2 is 1.74 bits per heavy atom. The summed E-state index contributed by atoms with van der Waals surface area (Å²) in [6, 6.07) is 5.18. The molecule has 19 heteroatoms. The van der Waals surface area contributed by atoms with Crippen LogP contribution in [-0.4, -0.2) is 145 Å². The number of benzene rings is 1. The summed E-state index contributed by atoms with van der Waals surface area (Å²) in [6.45, 7) is 1.22. The Hall–Kier alpha value is -3.62. The summed E-state index contributed by atoms with van der Waals surface area (Å²) in [6.07, 6.45) is 1.65. The van der Waals surface area contributed by atoms with E-state index < -0.39 is 68.9 Å². The molecule has 0 radical (unpaired) electrons. The fourth-order valence-corrected chi connectivity index (χ4v) is 7.28. The number of nitrogens with one attached hydrogen (secondary N) is 4. The molecule has 4 N–H and O–H groups in total. The van der Waals surface area contributed by atoms with Crippen LogP contribution in [0.5, 0.6) is 5.75 Å². The summed E-state index contributed by atoms with van der Waals surface area (Å²) in [5.41, 5.74) is -0.865. The van der Waals surface area contributed by atoms with E-state index >= 15 is 0 Å². The van der Waals surface area contributed by atoms with Crippen molar-refractivity contribution in [1.29, 1.82) is 0 Å². The van der Waals surface area contributed by atoms with Gasteiger partial charge in [-0.3, -0.25) is 24.5 Å². The molecule has 4 atom stereocenters. The molecule has 0 spiro atoms. The van der Waals surface area contributed by atoms with Crippen molar-refractivity contribution in [3.63, 3.8) is 0 Å². The fraction of sp³-hybridized carbons (Fsp3) is 0.647. The molecule has 17 nitrogen and oxygen atoms in total. The topological polar surface area (TPSA) is 219 Å². The van der Waals surface area contributed by atoms with Gasteiger partial charge in [-0.25, -0.2) is 13.2 Å². The zero-order valence-electron chi connectivity index (χ0n) is 31.3. The molecule has 1 aliphatic heterocycles. The number of hydrogen-bond donors (Lipinski definition) is 4. The normalized spacial score (nSPS) is 16.7. The van der Waals surface area contributed by atoms with E-state index in [9.17, 15) is 37.2 Å². The maximum atomic E-state index is 13.1. The molecule has 0 aliphatic carbocycles. The van der Waals surface area contributed by atoms with Gasteiger partial charge in [0.15, 0.2) is 15.0 Å². The van der Waals surface area contributed by atoms with Gasteiger partial charge in [-0.05, 0) is 82.5 Å². The van der Waals surface area contributed by atoms with Crippen molar-refractivity contribution in [2.24, 2.45) is 0 Å². The van der Waals surface area contributed by atoms with Crippen LogP contribution in [0.3, 0.4) is 0 Å². The van der Waals surface area contributed by atoms with Crippen molar-refractivity contribution in [2.75, 3.05) is 66.9 Å². The SMILES string of the molecule is CNC(CCNC(C=O)(CC(=O)O[C@H]1CC(=O)NC1=O)C(CCCCCSS(C)(=O)=O)NC)C(=O)OCc1ccc(OC(=O)N(C)CCN(C)C)cc1. The molecule has 1 fully saturated rings. The van der Waals surface area contributed by atoms with E-state index in [1.54, 1.807) is 45.4 Å². The number of likely N-dealkylation sites (N-methyl/N-ethyl adjacent to an activating group) is 4. The Labute approximate surface area is 315 Å². The number of imide groups is 1. The Kier molecular flexibility index (Phi) is 19.4. The molecule has 1 aliphatic rings. The lowest BCUT2D eigenvalue weighted by Crippen LogP contribution is -2.62. The first-order chi connectivity index (χ1) is 25.0. The number of nitrogens with zero attached hydrogens (tertiary/aromatic N) is 2. The Morgan fingerprint density at radius 1 is 1.04 bits per heavy atom. The van der Waals surface area contributed by atoms with E-state index in [0.29, 0.717) is 62.1 Å². The first-order valence-corrected chi connectivity index (χ1v) is 20.7. The predicted octanol–water partition coefficient (Wildman–Crippen LogP) is 0.417. The zero-order valence-corrected chi connectivity index (χ0v) is 32.9. The Balaban J connectivity index is 2.02. The molecule has 0 aromatic heterocycles. The van der Waals surface area contributed by atoms with Crippen LogP contribution in [0.1, 0.15) is 50.5 Å². The summed E-state index contributed by atoms with van der Waals surface area (Å²) in [5, 5.41) is 11.2. The van der Waals surface area contributed by atoms with Gasteiger partial charge in [0.05, 0.1) is 12.8 Å². The van der Waals surface area contributed by atoms with E-state index in [1.807, 2.05) is 19.0 Å². The molecule has 1 aromatic carbocycles. The van der Waals surface area contributed by atoms with Crippen LogP contribution in [-0.2, 0) is 48.9 Å². The Morgan fingerprint density at radius 3 is 2.30 bits per heavy atom. The summed E-state index contributed by atoms with van der Waals surface area (Å²) >= 11 is 0. The van der Waals surface area contributed by atoms with Gasteiger partial charge in [0.1, 0.15) is 30.2 Å². The number of aldehydes is 1. The third-order valence-electron chi connectivity index (χ3n) is 8.48. The number of rotatable bonds is 25. The number of carbonyl (C=O) groups is 6. The quantitative estimate of drug-likeness (QED) is 0.0347. The van der Waals surface area contributed by atoms with Crippen LogP contribution in [0.4, 0.5) is 4.79 Å². The lowest BCUT2D eigenvalue weighted by atomic mass is 9.84. The van der Waals surface area contributed by atoms with Gasteiger partial charge in [-0.15, -0.1) is 0 Å². The van der Waals surface area contributed by atoms with Crippen molar-refractivity contribution in [3.05, 3.63) is 29.8 Å². The lowest BCUT2D eigenvalue weighted by molar-refractivity contribution is -0.156. The van der Waals surface area contributed by atoms with Gasteiger partial charge in [-0.2, -0.15) is 0 Å². The van der Waals surface area contributed by atoms with Crippen LogP contribution < -0.4 is 26.0 Å². The van der Waals surface area contributed by atoms with Gasteiger partial charge in [-0.1, -0.05) is 25.0 Å². The van der Waals surface area contributed by atoms with Crippen molar-refractivity contribution < 1.29 is 51.4 Å². The highest BCUT2D eigenvalue weighted by Gasteiger charge is 2.42. The molecule has 3 amide bonds. The minimum absolute atomic E-state index is 0.0483. The summed E-state index contributed by atoms with van der Waals surface area (Å²) in [4.78, 5) is 78.3. The average Bonchev–Trinajstić information content (AvgIpc) is 3.42. The van der Waals surface area contributed by atoms with Crippen molar-refractivity contribution in [3.8, 4) is 5.75 Å². The number of ether oxygens (including phenoxy) is 3. The average molecular weight is 787 g/mol. The number of amides is 3. The van der Waals surface area contributed by atoms with E-state index in [1.165, 1.54) is 4.90 Å². The summed E-state index contributed by atoms with van der Waals surface area (Å²) in [5.74, 6) is -1.97. The molecule has 1 aromatic rings. The third-order valence-corrected chi connectivity index (χ3v) is 11.1. The van der Waals surface area contributed by atoms with Crippen LogP contribution in [0.15, 0.2) is 24.3 Å². The predicted molar refractivity (Wildman–Crippen MR) is 199 cm³/mol. The number of carbonyl (C=O) groups excluding carboxylic acids is 6. The standard InChI is InChI=1S/C34H54N6O11S2/c1-35-26(32(45)49-22-24-11-13-25(14-12-24)50-33(46)40(5)18-17-39(3)4)15-16-37-34(23-41,21-30(43)51-27-20-29(42)38-31(27)44)28(36-2)10-8-7-9-19-52-53(6,47)48/h11-14,23,26-28,35-37H,7-10,15-22H2,1-6H3,(H,38,42,44)/t26?,27-,28?,34?/m0/s1. The first kappa shape index (κ1) is 45.5. The van der Waals surface area contributed by atoms with Crippen LogP contribution in [0.2, 0.25) is 0 Å². The second kappa shape index (κ2) is 22.6. The summed E-state index contributed by atoms with van der Waals surface area (Å²) in [7, 11) is 6.40. The molecular formula is C34H54N6O11S2. The van der Waals surface area contributed by atoms with Crippen molar-refractivity contribution >= 4 is 55.8 Å². The number of hydrogen-bond acceptors (Lipinski definition) is 16. The zero-order chi connectivity index (χ0) is 39.6. The molecular weight excluding hydrogens is 733 g/mol. The number of unbranched alkanes of at least 4 members (excludes halogenated alkanes) is 2. The van der Waals surface area contributed by atoms with Gasteiger partial charge < -0.3 is 44.8 Å². The molecule has 0 saturated carbocycles. The highest BCUT2D eigenvalue weighted by atomic mass is 33.1. The molecule has 0 bridgehead atoms. The van der Waals surface area contributed by atoms with Gasteiger partial charge in [0, 0.05) is 38.2 Å². The van der Waals surface area contributed by atoms with E-state index in [2.05, 4.69) is 21.3 Å². The second-order valence-corrected chi connectivity index (χ2v) is 17.6. The molecule has 1 heterocycles. The minimum atomic E-state index is -3.15. The highest BCUT2D eigenvalue weighted by Crippen LogP contribution is 2.23. The fourth-order valence-electron chi connectivity index (χ4n) is 5.39. The monoisotopic (exact) mass is 786 g/mol. The van der Waals surface area contributed by atoms with E-state index in [0.717, 1.165) is 17.0 Å². The lowest BCUT2D eigenvalue weighted by Gasteiger charge is -2.37. The maximum Gasteiger partial charge on any atom is 0.415 e. The van der Waals surface area contributed by atoms with Crippen LogP contribution >= 0.6 is 10.8 Å². The second-order valence-electron chi connectivity index (χ2n) is 13.0. The molecule has 2 rings (SSSR count). The third kappa shape index (κ3) is 16.5. The van der Waals surface area contributed by atoms with Gasteiger partial charge >= 0.3 is 18.0 Å². The maximum absolute atomic E-state index is 13.1. The van der Waals surface area contributed by atoms with Crippen molar-refractivity contribution in [1.82, 2.24) is 31.1 Å². The van der Waals surface area contributed by atoms with Gasteiger partial charge in [0.2, 0.25) is 5.91 Å². The molecule has 3 unspecified atom stereocenters. The summed E-state index contributed by atoms with van der Waals surface area (Å²) < 4.78 is 39.0. The van der Waals surface area contributed by atoms with Gasteiger partial charge in [0.25, 0.3) is 5.91 Å². The minimum Gasteiger partial charge on any atom is -0.460 e. The first-order valence-electron chi connectivity index (χ1n) is 17.3.